The van der Waals surface area contributed by atoms with Crippen LogP contribution >= 0.6 is 0 Å². The predicted octanol–water partition coefficient (Wildman–Crippen LogP) is 4.89. The van der Waals surface area contributed by atoms with Crippen molar-refractivity contribution in [3.63, 3.8) is 0 Å². The average Bonchev–Trinajstić information content (AvgIpc) is 3.23. The van der Waals surface area contributed by atoms with Gasteiger partial charge < -0.3 is 10.1 Å². The molecule has 166 valence electrons. The number of nitrogens with zero attached hydrogens (tertiary/aromatic N) is 4. The lowest BCUT2D eigenvalue weighted by molar-refractivity contribution is -0.141. The molecule has 1 aliphatic carbocycles. The molecule has 10 heteroatoms. The van der Waals surface area contributed by atoms with Gasteiger partial charge in [0.1, 0.15) is 24.2 Å². The van der Waals surface area contributed by atoms with E-state index in [9.17, 15) is 23.2 Å². The number of hydrogen-bond acceptors (Lipinski definition) is 5. The van der Waals surface area contributed by atoms with Gasteiger partial charge in [0.15, 0.2) is 0 Å². The molecule has 1 fully saturated rings. The molecule has 1 aromatic carbocycles. The number of nitriles is 1. The molecular weight excluding hydrogens is 423 g/mol. The van der Waals surface area contributed by atoms with Gasteiger partial charge in [-0.2, -0.15) is 23.5 Å². The third-order valence-corrected chi connectivity index (χ3v) is 5.25. The zero-order valence-electron chi connectivity index (χ0n) is 17.0. The van der Waals surface area contributed by atoms with Gasteiger partial charge >= 0.3 is 6.18 Å². The molecule has 2 aromatic heterocycles. The number of anilines is 1. The Morgan fingerprint density at radius 2 is 1.91 bits per heavy atom. The van der Waals surface area contributed by atoms with Gasteiger partial charge in [-0.15, -0.1) is 0 Å². The van der Waals surface area contributed by atoms with Crippen LogP contribution in [0.5, 0.6) is 0 Å². The van der Waals surface area contributed by atoms with E-state index < -0.39 is 17.8 Å². The van der Waals surface area contributed by atoms with Crippen LogP contribution in [-0.2, 0) is 11.0 Å². The number of halogens is 3. The number of amides is 1. The van der Waals surface area contributed by atoms with Crippen LogP contribution in [0.3, 0.4) is 0 Å². The summed E-state index contributed by atoms with van der Waals surface area (Å²) in [6, 6.07) is 8.61. The number of carbonyl (C=O) groups excluding carboxylic acids is 2. The molecule has 0 saturated heterocycles. The molecule has 4 rings (SSSR count). The van der Waals surface area contributed by atoms with Crippen LogP contribution in [0, 0.1) is 11.3 Å². The summed E-state index contributed by atoms with van der Waals surface area (Å²) in [5.41, 5.74) is -0.520. The first kappa shape index (κ1) is 22.9. The smallest absolute Gasteiger partial charge is 0.319 e. The van der Waals surface area contributed by atoms with E-state index in [1.807, 2.05) is 23.7 Å². The molecule has 0 radical (unpaired) electrons. The molecule has 0 unspecified atom stereocenters. The molecule has 1 aliphatic rings. The van der Waals surface area contributed by atoms with Crippen molar-refractivity contribution in [2.75, 3.05) is 5.32 Å². The largest absolute Gasteiger partial charge is 0.433 e. The monoisotopic (exact) mass is 443 g/mol. The summed E-state index contributed by atoms with van der Waals surface area (Å²) < 4.78 is 40.5. The quantitative estimate of drug-likeness (QED) is 0.621. The molecule has 7 nitrogen and oxygen atoms in total. The van der Waals surface area contributed by atoms with Gasteiger partial charge in [0, 0.05) is 11.6 Å². The lowest BCUT2D eigenvalue weighted by Gasteiger charge is -2.21. The van der Waals surface area contributed by atoms with Gasteiger partial charge in [0.2, 0.25) is 0 Å². The molecule has 2 heterocycles. The minimum atomic E-state index is -4.65. The first-order chi connectivity index (χ1) is 15.3. The second kappa shape index (κ2) is 9.60. The van der Waals surface area contributed by atoms with Crippen LogP contribution in [-0.4, -0.2) is 27.5 Å². The highest BCUT2D eigenvalue weighted by atomic mass is 19.4. The second-order valence-electron chi connectivity index (χ2n) is 7.33. The topological polar surface area (TPSA) is 101 Å². The predicted molar refractivity (Wildman–Crippen MR) is 111 cm³/mol. The molecule has 0 spiro atoms. The summed E-state index contributed by atoms with van der Waals surface area (Å²) in [5.74, 6) is -0.823. The molecule has 0 atom stereocenters. The Kier molecular flexibility index (Phi) is 6.88. The third-order valence-electron chi connectivity index (χ3n) is 5.25. The number of rotatable bonds is 3. The third kappa shape index (κ3) is 4.94. The summed E-state index contributed by atoms with van der Waals surface area (Å²) in [6.45, 7) is 2.00. The minimum Gasteiger partial charge on any atom is -0.319 e. The van der Waals surface area contributed by atoms with Crippen LogP contribution in [0.15, 0.2) is 36.5 Å². The van der Waals surface area contributed by atoms with Gasteiger partial charge in [-0.25, -0.2) is 4.98 Å². The van der Waals surface area contributed by atoms with Gasteiger partial charge in [0.05, 0.1) is 22.8 Å². The molecule has 0 bridgehead atoms. The summed E-state index contributed by atoms with van der Waals surface area (Å²) in [5, 5.41) is 17.3. The Hall–Kier alpha value is -3.74. The summed E-state index contributed by atoms with van der Waals surface area (Å²) in [4.78, 5) is 23.9. The maximum Gasteiger partial charge on any atom is 0.433 e. The van der Waals surface area contributed by atoms with E-state index in [1.54, 1.807) is 12.1 Å². The van der Waals surface area contributed by atoms with Gasteiger partial charge in [-0.1, -0.05) is 25.3 Å². The van der Waals surface area contributed by atoms with Crippen molar-refractivity contribution in [2.45, 2.75) is 44.3 Å². The first-order valence-electron chi connectivity index (χ1n) is 9.92. The first-order valence-corrected chi connectivity index (χ1v) is 9.92. The van der Waals surface area contributed by atoms with Crippen molar-refractivity contribution >= 4 is 29.3 Å². The fourth-order valence-corrected chi connectivity index (χ4v) is 3.72. The lowest BCUT2D eigenvalue weighted by Crippen LogP contribution is -2.17. The van der Waals surface area contributed by atoms with E-state index in [4.69, 9.17) is 4.79 Å². The van der Waals surface area contributed by atoms with Crippen molar-refractivity contribution in [3.8, 4) is 6.07 Å². The Morgan fingerprint density at radius 3 is 2.56 bits per heavy atom. The second-order valence-corrected chi connectivity index (χ2v) is 7.33. The maximum atomic E-state index is 12.9. The van der Waals surface area contributed by atoms with Crippen molar-refractivity contribution < 1.29 is 22.8 Å². The number of aromatic nitrogens is 3. The molecule has 1 saturated carbocycles. The maximum absolute atomic E-state index is 12.9. The standard InChI is InChI=1S/C21H18F3N5O.CH2O/c22-21(23,24)19-8-4-7-16(26-19)20(30)27-17-10-14-12-29(15-5-2-1-3-6-15)28-18(14)9-13(17)11-25;1-2/h4,7-10,12,15H,1-3,5-6H2,(H,27,30);1H2. The highest BCUT2D eigenvalue weighted by Gasteiger charge is 2.33. The Labute approximate surface area is 181 Å². The van der Waals surface area contributed by atoms with Crippen molar-refractivity contribution in [2.24, 2.45) is 0 Å². The molecule has 0 aliphatic heterocycles. The number of hydrogen-bond donors (Lipinski definition) is 1. The van der Waals surface area contributed by atoms with Crippen LogP contribution in [0.4, 0.5) is 18.9 Å². The van der Waals surface area contributed by atoms with Crippen LogP contribution in [0.2, 0.25) is 0 Å². The zero-order chi connectivity index (χ0) is 23.3. The Morgan fingerprint density at radius 1 is 1.19 bits per heavy atom. The molecule has 32 heavy (non-hydrogen) atoms. The fourth-order valence-electron chi connectivity index (χ4n) is 3.72. The Balaban J connectivity index is 0.00000141. The normalized spacial score (nSPS) is 14.3. The molecule has 1 amide bonds. The van der Waals surface area contributed by atoms with E-state index in [-0.39, 0.29) is 16.9 Å². The number of alkyl halides is 3. The van der Waals surface area contributed by atoms with Gasteiger partial charge in [-0.3, -0.25) is 9.48 Å². The van der Waals surface area contributed by atoms with E-state index in [0.29, 0.717) is 11.6 Å². The van der Waals surface area contributed by atoms with Crippen LogP contribution in [0.1, 0.15) is 59.9 Å². The van der Waals surface area contributed by atoms with Gasteiger partial charge in [0.25, 0.3) is 5.91 Å². The average molecular weight is 443 g/mol. The molecule has 1 N–H and O–H groups in total. The van der Waals surface area contributed by atoms with Crippen molar-refractivity contribution in [3.05, 3.63) is 53.5 Å². The SMILES string of the molecule is C=O.N#Cc1cc2nn(C3CCCCC3)cc2cc1NC(=O)c1cccc(C(F)(F)F)n1. The van der Waals surface area contributed by atoms with Gasteiger partial charge in [-0.05, 0) is 37.1 Å². The van der Waals surface area contributed by atoms with E-state index in [1.165, 1.54) is 12.5 Å². The number of benzene rings is 1. The number of carbonyl (C=O) groups is 2. The van der Waals surface area contributed by atoms with Crippen LogP contribution < -0.4 is 5.32 Å². The summed E-state index contributed by atoms with van der Waals surface area (Å²) in [7, 11) is 0. The summed E-state index contributed by atoms with van der Waals surface area (Å²) in [6.07, 6.45) is 2.83. The number of fused-ring (bicyclic) bond motifs is 1. The highest BCUT2D eigenvalue weighted by molar-refractivity contribution is 6.04. The number of nitrogens with one attached hydrogen (secondary N) is 1. The van der Waals surface area contributed by atoms with Crippen molar-refractivity contribution in [1.82, 2.24) is 14.8 Å². The number of pyridine rings is 1. The Bertz CT molecular complexity index is 1160. The fraction of sp³-hybridized carbons (Fsp3) is 0.318. The molecular formula is C22H20F3N5O2. The highest BCUT2D eigenvalue weighted by Crippen LogP contribution is 2.31. The van der Waals surface area contributed by atoms with E-state index >= 15 is 0 Å². The summed E-state index contributed by atoms with van der Waals surface area (Å²) >= 11 is 0. The van der Waals surface area contributed by atoms with E-state index in [2.05, 4.69) is 15.4 Å². The van der Waals surface area contributed by atoms with E-state index in [0.717, 1.165) is 43.2 Å². The molecule has 3 aromatic rings. The van der Waals surface area contributed by atoms with Crippen LogP contribution in [0.25, 0.3) is 10.9 Å². The minimum absolute atomic E-state index is 0.178. The van der Waals surface area contributed by atoms with Crippen molar-refractivity contribution in [1.29, 1.82) is 5.26 Å². The lowest BCUT2D eigenvalue weighted by atomic mass is 9.96. The zero-order valence-corrected chi connectivity index (χ0v) is 17.0.